The zero-order chi connectivity index (χ0) is 13.3. The lowest BCUT2D eigenvalue weighted by Gasteiger charge is -2.12. The van der Waals surface area contributed by atoms with Gasteiger partial charge in [-0.05, 0) is 30.5 Å². The normalized spacial score (nSPS) is 11.2. The largest absolute Gasteiger partial charge is 0.237 e. The number of hydrogen-bond donors (Lipinski definition) is 0. The van der Waals surface area contributed by atoms with Crippen LogP contribution in [0.25, 0.3) is 5.69 Å². The van der Waals surface area contributed by atoms with Crippen molar-refractivity contribution in [3.63, 3.8) is 0 Å². The van der Waals surface area contributed by atoms with E-state index in [4.69, 9.17) is 23.2 Å². The van der Waals surface area contributed by atoms with Crippen LogP contribution in [-0.2, 0) is 5.88 Å². The van der Waals surface area contributed by atoms with E-state index in [1.807, 2.05) is 36.0 Å². The molecular formula is C14H16Cl2N2. The number of halogens is 2. The van der Waals surface area contributed by atoms with Gasteiger partial charge < -0.3 is 0 Å². The highest BCUT2D eigenvalue weighted by atomic mass is 35.5. The zero-order valence-corrected chi connectivity index (χ0v) is 12.3. The molecule has 0 saturated heterocycles. The molecule has 4 heteroatoms. The van der Waals surface area contributed by atoms with Crippen molar-refractivity contribution in [1.82, 2.24) is 9.78 Å². The molecule has 0 fully saturated rings. The molecule has 2 rings (SSSR count). The van der Waals surface area contributed by atoms with Crippen molar-refractivity contribution in [2.45, 2.75) is 32.6 Å². The summed E-state index contributed by atoms with van der Waals surface area (Å²) in [5, 5.41) is 5.18. The van der Waals surface area contributed by atoms with Gasteiger partial charge in [0, 0.05) is 10.6 Å². The fourth-order valence-electron chi connectivity index (χ4n) is 2.03. The van der Waals surface area contributed by atoms with Crippen molar-refractivity contribution in [2.24, 2.45) is 0 Å². The third-order valence-corrected chi connectivity index (χ3v) is 3.67. The van der Waals surface area contributed by atoms with Gasteiger partial charge in [0.15, 0.2) is 0 Å². The fourth-order valence-corrected chi connectivity index (χ4v) is 2.41. The number of rotatable bonds is 3. The van der Waals surface area contributed by atoms with Crippen molar-refractivity contribution in [2.75, 3.05) is 0 Å². The molecule has 2 aromatic rings. The van der Waals surface area contributed by atoms with E-state index in [0.29, 0.717) is 11.8 Å². The van der Waals surface area contributed by atoms with Gasteiger partial charge >= 0.3 is 0 Å². The van der Waals surface area contributed by atoms with E-state index in [0.717, 1.165) is 27.5 Å². The van der Waals surface area contributed by atoms with Crippen molar-refractivity contribution < 1.29 is 0 Å². The van der Waals surface area contributed by atoms with Crippen LogP contribution in [0.15, 0.2) is 24.4 Å². The molecule has 1 aromatic carbocycles. The predicted molar refractivity (Wildman–Crippen MR) is 77.0 cm³/mol. The van der Waals surface area contributed by atoms with Crippen molar-refractivity contribution >= 4 is 23.2 Å². The van der Waals surface area contributed by atoms with Gasteiger partial charge in [-0.2, -0.15) is 5.10 Å². The van der Waals surface area contributed by atoms with Crippen LogP contribution in [-0.4, -0.2) is 9.78 Å². The maximum absolute atomic E-state index is 6.17. The summed E-state index contributed by atoms with van der Waals surface area (Å²) in [6.07, 6.45) is 1.83. The second-order valence-electron chi connectivity index (χ2n) is 4.69. The SMILES string of the molecule is Cc1ccc(-n2ncc(CCl)c2C(C)C)cc1Cl. The van der Waals surface area contributed by atoms with Crippen LogP contribution < -0.4 is 0 Å². The molecule has 0 saturated carbocycles. The highest BCUT2D eigenvalue weighted by Crippen LogP contribution is 2.26. The smallest absolute Gasteiger partial charge is 0.0664 e. The van der Waals surface area contributed by atoms with Crippen LogP contribution >= 0.6 is 23.2 Å². The van der Waals surface area contributed by atoms with Gasteiger partial charge in [-0.3, -0.25) is 0 Å². The van der Waals surface area contributed by atoms with Crippen LogP contribution in [0, 0.1) is 6.92 Å². The van der Waals surface area contributed by atoms with Crippen molar-refractivity contribution in [3.05, 3.63) is 46.2 Å². The number of aromatic nitrogens is 2. The summed E-state index contributed by atoms with van der Waals surface area (Å²) >= 11 is 12.1. The Kier molecular flexibility index (Phi) is 3.98. The number of aryl methyl sites for hydroxylation is 1. The quantitative estimate of drug-likeness (QED) is 0.747. The Labute approximate surface area is 118 Å². The second kappa shape index (κ2) is 5.33. The van der Waals surface area contributed by atoms with Gasteiger partial charge in [0.2, 0.25) is 0 Å². The van der Waals surface area contributed by atoms with E-state index in [2.05, 4.69) is 18.9 Å². The third kappa shape index (κ3) is 2.40. The Morgan fingerprint density at radius 2 is 2.06 bits per heavy atom. The first-order chi connectivity index (χ1) is 8.54. The highest BCUT2D eigenvalue weighted by molar-refractivity contribution is 6.31. The molecule has 1 aromatic heterocycles. The van der Waals surface area contributed by atoms with Gasteiger partial charge in [0.25, 0.3) is 0 Å². The molecule has 1 heterocycles. The van der Waals surface area contributed by atoms with E-state index < -0.39 is 0 Å². The van der Waals surface area contributed by atoms with E-state index in [1.165, 1.54) is 0 Å². The fraction of sp³-hybridized carbons (Fsp3) is 0.357. The molecule has 0 unspecified atom stereocenters. The molecule has 0 bridgehead atoms. The van der Waals surface area contributed by atoms with Crippen LogP contribution in [0.1, 0.15) is 36.6 Å². The van der Waals surface area contributed by atoms with Gasteiger partial charge in [-0.1, -0.05) is 31.5 Å². The molecule has 0 aliphatic rings. The molecule has 0 spiro atoms. The Hall–Kier alpha value is -0.990. The van der Waals surface area contributed by atoms with Gasteiger partial charge in [0.05, 0.1) is 23.5 Å². The summed E-state index contributed by atoms with van der Waals surface area (Å²) < 4.78 is 1.92. The molecule has 0 amide bonds. The lowest BCUT2D eigenvalue weighted by atomic mass is 10.1. The maximum atomic E-state index is 6.17. The summed E-state index contributed by atoms with van der Waals surface area (Å²) in [7, 11) is 0. The van der Waals surface area contributed by atoms with E-state index >= 15 is 0 Å². The lowest BCUT2D eigenvalue weighted by molar-refractivity contribution is 0.729. The maximum Gasteiger partial charge on any atom is 0.0664 e. The summed E-state index contributed by atoms with van der Waals surface area (Å²) in [5.41, 5.74) is 4.26. The number of benzene rings is 1. The summed E-state index contributed by atoms with van der Waals surface area (Å²) in [5.74, 6) is 0.842. The van der Waals surface area contributed by atoms with Crippen molar-refractivity contribution in [1.29, 1.82) is 0 Å². The number of nitrogens with zero attached hydrogens (tertiary/aromatic N) is 2. The Morgan fingerprint density at radius 3 is 2.61 bits per heavy atom. The minimum atomic E-state index is 0.362. The third-order valence-electron chi connectivity index (χ3n) is 2.98. The Bertz CT molecular complexity index is 559. The molecule has 0 N–H and O–H groups in total. The predicted octanol–water partition coefficient (Wildman–Crippen LogP) is 4.70. The van der Waals surface area contributed by atoms with Crippen LogP contribution in [0.4, 0.5) is 0 Å². The molecule has 0 radical (unpaired) electrons. The molecule has 0 aliphatic carbocycles. The first kappa shape index (κ1) is 13.4. The molecule has 18 heavy (non-hydrogen) atoms. The van der Waals surface area contributed by atoms with Crippen LogP contribution in [0.2, 0.25) is 5.02 Å². The zero-order valence-electron chi connectivity index (χ0n) is 10.7. The molecule has 0 atom stereocenters. The van der Waals surface area contributed by atoms with E-state index in [-0.39, 0.29) is 0 Å². The summed E-state index contributed by atoms with van der Waals surface area (Å²) in [6, 6.07) is 5.97. The van der Waals surface area contributed by atoms with E-state index in [1.54, 1.807) is 0 Å². The standard InChI is InChI=1S/C14H16Cl2N2/c1-9(2)14-11(7-15)8-17-18(14)12-5-4-10(3)13(16)6-12/h4-6,8-9H,7H2,1-3H3. The van der Waals surface area contributed by atoms with Crippen LogP contribution in [0.5, 0.6) is 0 Å². The van der Waals surface area contributed by atoms with Gasteiger partial charge in [0.1, 0.15) is 0 Å². The summed E-state index contributed by atoms with van der Waals surface area (Å²) in [4.78, 5) is 0. The molecular weight excluding hydrogens is 267 g/mol. The van der Waals surface area contributed by atoms with Gasteiger partial charge in [-0.15, -0.1) is 11.6 Å². The first-order valence-corrected chi connectivity index (χ1v) is 6.85. The highest BCUT2D eigenvalue weighted by Gasteiger charge is 2.15. The van der Waals surface area contributed by atoms with Gasteiger partial charge in [-0.25, -0.2) is 4.68 Å². The van der Waals surface area contributed by atoms with E-state index in [9.17, 15) is 0 Å². The first-order valence-electron chi connectivity index (χ1n) is 5.94. The average Bonchev–Trinajstić information content (AvgIpc) is 2.76. The lowest BCUT2D eigenvalue weighted by Crippen LogP contribution is -2.05. The molecule has 0 aliphatic heterocycles. The second-order valence-corrected chi connectivity index (χ2v) is 5.36. The monoisotopic (exact) mass is 282 g/mol. The molecule has 2 nitrogen and oxygen atoms in total. The van der Waals surface area contributed by atoms with Crippen LogP contribution in [0.3, 0.4) is 0 Å². The number of alkyl halides is 1. The number of hydrogen-bond acceptors (Lipinski definition) is 1. The van der Waals surface area contributed by atoms with Crippen molar-refractivity contribution in [3.8, 4) is 5.69 Å². The topological polar surface area (TPSA) is 17.8 Å². The average molecular weight is 283 g/mol. The summed E-state index contributed by atoms with van der Waals surface area (Å²) in [6.45, 7) is 6.27. The minimum Gasteiger partial charge on any atom is -0.237 e. The minimum absolute atomic E-state index is 0.362. The Morgan fingerprint density at radius 1 is 1.33 bits per heavy atom. The molecule has 96 valence electrons. The Balaban J connectivity index is 2.56.